The van der Waals surface area contributed by atoms with Crippen molar-refractivity contribution in [2.75, 3.05) is 24.4 Å². The van der Waals surface area contributed by atoms with Crippen molar-refractivity contribution >= 4 is 28.5 Å². The van der Waals surface area contributed by atoms with E-state index in [2.05, 4.69) is 14.7 Å². The zero-order valence-corrected chi connectivity index (χ0v) is 29.7. The van der Waals surface area contributed by atoms with Gasteiger partial charge in [-0.25, -0.2) is 22.9 Å². The summed E-state index contributed by atoms with van der Waals surface area (Å²) in [6.07, 6.45) is -5.89. The van der Waals surface area contributed by atoms with Crippen LogP contribution in [0.15, 0.2) is 53.4 Å². The number of anilines is 1. The number of hydrogen-bond donors (Lipinski definition) is 1. The van der Waals surface area contributed by atoms with Gasteiger partial charge < -0.3 is 19.3 Å². The molecule has 1 aromatic heterocycles. The first-order valence-corrected chi connectivity index (χ1v) is 17.8. The van der Waals surface area contributed by atoms with E-state index in [1.165, 1.54) is 28.0 Å². The summed E-state index contributed by atoms with van der Waals surface area (Å²) in [4.78, 5) is 37.0. The normalized spacial score (nSPS) is 18.8. The second-order valence-electron chi connectivity index (χ2n) is 14.1. The Labute approximate surface area is 290 Å². The minimum Gasteiger partial charge on any atom is -0.470 e. The monoisotopic (exact) mass is 717 g/mol. The number of aromatic nitrogens is 2. The highest BCUT2D eigenvalue weighted by atomic mass is 32.2. The number of carbonyl (C=O) groups excluding carboxylic acids is 2. The highest BCUT2D eigenvalue weighted by Gasteiger charge is 2.62. The van der Waals surface area contributed by atoms with Crippen LogP contribution in [0.1, 0.15) is 56.7 Å². The maximum atomic E-state index is 13.8. The average Bonchev–Trinajstić information content (AvgIpc) is 3.70. The number of alkyl halides is 3. The van der Waals surface area contributed by atoms with Crippen molar-refractivity contribution in [1.82, 2.24) is 19.8 Å². The van der Waals surface area contributed by atoms with Crippen molar-refractivity contribution < 1.29 is 40.7 Å². The van der Waals surface area contributed by atoms with E-state index in [9.17, 15) is 31.2 Å². The first-order valence-electron chi connectivity index (χ1n) is 16.3. The largest absolute Gasteiger partial charge is 0.470 e. The van der Waals surface area contributed by atoms with E-state index in [1.54, 1.807) is 39.8 Å². The lowest BCUT2D eigenvalue weighted by Crippen LogP contribution is -2.46. The van der Waals surface area contributed by atoms with Crippen LogP contribution in [0.2, 0.25) is 0 Å². The molecule has 50 heavy (non-hydrogen) atoms. The second-order valence-corrected chi connectivity index (χ2v) is 15.8. The molecule has 0 bridgehead atoms. The van der Waals surface area contributed by atoms with E-state index < -0.39 is 45.5 Å². The minimum absolute atomic E-state index is 0.00109. The molecule has 1 aliphatic heterocycles. The Hall–Kier alpha value is -4.40. The molecule has 2 aromatic carbocycles. The fraction of sp³-hybridized carbons (Fsp3) is 0.486. The van der Waals surface area contributed by atoms with Crippen LogP contribution in [0, 0.1) is 26.2 Å². The molecule has 2 fully saturated rings. The highest BCUT2D eigenvalue weighted by molar-refractivity contribution is 7.92. The van der Waals surface area contributed by atoms with E-state index in [0.29, 0.717) is 17.7 Å². The average molecular weight is 718 g/mol. The molecule has 1 aliphatic carbocycles. The molecule has 11 nitrogen and oxygen atoms in total. The van der Waals surface area contributed by atoms with Gasteiger partial charge in [0.2, 0.25) is 18.2 Å². The molecule has 2 heterocycles. The molecular weight excluding hydrogens is 675 g/mol. The zero-order chi connectivity index (χ0) is 36.6. The molecule has 3 aromatic rings. The van der Waals surface area contributed by atoms with Gasteiger partial charge in [0, 0.05) is 24.7 Å². The maximum Gasteiger partial charge on any atom is 0.410 e. The number of hydrogen-bond acceptors (Lipinski definition) is 8. The van der Waals surface area contributed by atoms with Gasteiger partial charge in [0.25, 0.3) is 10.0 Å². The number of halogens is 3. The van der Waals surface area contributed by atoms with E-state index in [4.69, 9.17) is 9.47 Å². The first kappa shape index (κ1) is 36.9. The summed E-state index contributed by atoms with van der Waals surface area (Å²) in [5.74, 6) is -0.353. The lowest BCUT2D eigenvalue weighted by Gasteiger charge is -2.31. The number of rotatable bonds is 11. The number of carbonyl (C=O) groups is 2. The van der Waals surface area contributed by atoms with Crippen LogP contribution in [0.4, 0.5) is 23.9 Å². The molecule has 2 aliphatic rings. The van der Waals surface area contributed by atoms with Crippen molar-refractivity contribution in [2.45, 2.75) is 89.6 Å². The number of nitrogens with zero attached hydrogens (tertiary/aromatic N) is 4. The first-order chi connectivity index (χ1) is 23.3. The van der Waals surface area contributed by atoms with Crippen LogP contribution < -0.4 is 9.46 Å². The molecule has 1 N–H and O–H groups in total. The Bertz CT molecular complexity index is 1840. The fourth-order valence-electron chi connectivity index (χ4n) is 6.13. The lowest BCUT2D eigenvalue weighted by molar-refractivity contribution is -0.190. The van der Waals surface area contributed by atoms with Crippen molar-refractivity contribution in [3.8, 4) is 17.1 Å². The van der Waals surface area contributed by atoms with Gasteiger partial charge in [-0.15, -0.1) is 0 Å². The molecule has 15 heteroatoms. The van der Waals surface area contributed by atoms with Gasteiger partial charge in [-0.2, -0.15) is 18.2 Å². The van der Waals surface area contributed by atoms with Crippen molar-refractivity contribution in [3.63, 3.8) is 0 Å². The van der Waals surface area contributed by atoms with Crippen molar-refractivity contribution in [3.05, 3.63) is 65.2 Å². The predicted octanol–water partition coefficient (Wildman–Crippen LogP) is 6.43. The topological polar surface area (TPSA) is 131 Å². The van der Waals surface area contributed by atoms with Crippen LogP contribution in [0.25, 0.3) is 11.3 Å². The van der Waals surface area contributed by atoms with Crippen molar-refractivity contribution in [2.24, 2.45) is 5.41 Å². The number of ether oxygens (including phenoxy) is 2. The number of benzene rings is 2. The summed E-state index contributed by atoms with van der Waals surface area (Å²) in [5.41, 5.74) is 0.809. The molecule has 0 radical (unpaired) electrons. The molecule has 2 amide bonds. The SMILES string of the molecule is Cc1cccc(S(=O)(=O)Nc2nc(O[C@@H]3CN(C(=O)OC(C)(C)C)C[C@H]3N(C=O)CCC3(C(F)(F)F)CC3)cc(-c3c(C)cccc3C)n2)c1. The summed E-state index contributed by atoms with van der Waals surface area (Å²) in [5, 5.41) is 0. The van der Waals surface area contributed by atoms with Gasteiger partial charge in [-0.3, -0.25) is 4.79 Å². The molecule has 0 unspecified atom stereocenters. The molecule has 2 atom stereocenters. The van der Waals surface area contributed by atoms with Crippen molar-refractivity contribution in [1.29, 1.82) is 0 Å². The Morgan fingerprint density at radius 3 is 2.28 bits per heavy atom. The third kappa shape index (κ3) is 8.31. The predicted molar refractivity (Wildman–Crippen MR) is 180 cm³/mol. The zero-order valence-electron chi connectivity index (χ0n) is 28.9. The quantitative estimate of drug-likeness (QED) is 0.225. The van der Waals surface area contributed by atoms with Gasteiger partial charge in [0.15, 0.2) is 0 Å². The van der Waals surface area contributed by atoms with Gasteiger partial charge in [0.1, 0.15) is 11.7 Å². The summed E-state index contributed by atoms with van der Waals surface area (Å²) in [6.45, 7) is 10.3. The lowest BCUT2D eigenvalue weighted by atomic mass is 10.00. The fourth-order valence-corrected chi connectivity index (χ4v) is 7.18. The standard InChI is InChI=1S/C35H42F3N5O6S/c1-22-9-7-12-25(17-22)50(46,47)41-31-39-26(30-23(2)10-8-11-24(30)3)18-29(40-31)48-28-20-43(32(45)49-33(4,5)6)19-27(28)42(21-44)16-15-34(13-14-34)35(36,37)38/h7-12,17-18,21,27-28H,13-16,19-20H2,1-6H3,(H,39,40,41)/t27-,28-/m1/s1. The van der Waals surface area contributed by atoms with Gasteiger partial charge in [0.05, 0.1) is 28.6 Å². The third-order valence-electron chi connectivity index (χ3n) is 8.99. The summed E-state index contributed by atoms with van der Waals surface area (Å²) < 4.78 is 82.5. The summed E-state index contributed by atoms with van der Waals surface area (Å²) in [6, 6.07) is 12.6. The van der Waals surface area contributed by atoms with Crippen LogP contribution >= 0.6 is 0 Å². The summed E-state index contributed by atoms with van der Waals surface area (Å²) in [7, 11) is -4.14. The van der Waals surface area contributed by atoms with E-state index in [0.717, 1.165) is 16.7 Å². The number of aryl methyl sites for hydroxylation is 3. The number of nitrogens with one attached hydrogen (secondary N) is 1. The van der Waals surface area contributed by atoms with Gasteiger partial charge >= 0.3 is 12.3 Å². The third-order valence-corrected chi connectivity index (χ3v) is 10.3. The highest BCUT2D eigenvalue weighted by Crippen LogP contribution is 2.60. The maximum absolute atomic E-state index is 13.8. The second kappa shape index (κ2) is 13.7. The van der Waals surface area contributed by atoms with Crippen LogP contribution in [0.5, 0.6) is 5.88 Å². The molecule has 1 saturated heterocycles. The Morgan fingerprint density at radius 1 is 1.04 bits per heavy atom. The number of amides is 2. The van der Waals surface area contributed by atoms with Gasteiger partial charge in [-0.1, -0.05) is 30.3 Å². The Kier molecular flexibility index (Phi) is 10.1. The summed E-state index contributed by atoms with van der Waals surface area (Å²) >= 11 is 0. The minimum atomic E-state index is -4.40. The molecule has 0 spiro atoms. The number of likely N-dealkylation sites (tertiary alicyclic amines) is 1. The van der Waals surface area contributed by atoms with Crippen LogP contribution in [-0.4, -0.2) is 84.2 Å². The van der Waals surface area contributed by atoms with E-state index in [-0.39, 0.29) is 55.6 Å². The van der Waals surface area contributed by atoms with Gasteiger partial charge in [-0.05, 0) is 89.6 Å². The molecular formula is C35H42F3N5O6S. The molecule has 5 rings (SSSR count). The Morgan fingerprint density at radius 2 is 1.70 bits per heavy atom. The smallest absolute Gasteiger partial charge is 0.410 e. The van der Waals surface area contributed by atoms with E-state index >= 15 is 0 Å². The molecule has 270 valence electrons. The molecule has 1 saturated carbocycles. The Balaban J connectivity index is 1.51. The van der Waals surface area contributed by atoms with Crippen LogP contribution in [0.3, 0.4) is 0 Å². The van der Waals surface area contributed by atoms with Crippen LogP contribution in [-0.2, 0) is 19.6 Å². The van der Waals surface area contributed by atoms with E-state index in [1.807, 2.05) is 32.0 Å². The number of sulfonamides is 1.